The van der Waals surface area contributed by atoms with Gasteiger partial charge in [0, 0.05) is 38.1 Å². The fraction of sp³-hybridized carbons (Fsp3) is 1.00. The molecule has 0 aromatic rings. The van der Waals surface area contributed by atoms with Gasteiger partial charge in [-0.1, -0.05) is 62.3 Å². The maximum absolute atomic E-state index is 12.0. The van der Waals surface area contributed by atoms with Crippen LogP contribution in [-0.2, 0) is 18.3 Å². The highest BCUT2D eigenvalue weighted by Crippen LogP contribution is 2.46. The van der Waals surface area contributed by atoms with Crippen molar-refractivity contribution in [3.05, 3.63) is 0 Å². The van der Waals surface area contributed by atoms with Crippen LogP contribution in [0.5, 0.6) is 0 Å². The molecule has 0 saturated carbocycles. The van der Waals surface area contributed by atoms with Gasteiger partial charge in [0.15, 0.2) is 22.4 Å². The molecule has 6 nitrogen and oxygen atoms in total. The SMILES string of the molecule is CO[C@@H]1[C@@H](O[Si](C)(C)C(C)(C)C)[C@H](C)[C@H]([C@@H](C)CO)O[C@]1(O)[C@H](C)CO[Si](C)(C)C(C)(C)C. The van der Waals surface area contributed by atoms with Crippen LogP contribution in [0.3, 0.4) is 0 Å². The van der Waals surface area contributed by atoms with Gasteiger partial charge in [0.05, 0.1) is 12.2 Å². The third-order valence-corrected chi connectivity index (χ3v) is 17.6. The number of rotatable bonds is 9. The van der Waals surface area contributed by atoms with E-state index in [1.165, 1.54) is 0 Å². The summed E-state index contributed by atoms with van der Waals surface area (Å²) in [5, 5.41) is 22.1. The first kappa shape index (κ1) is 31.2. The molecule has 1 saturated heterocycles. The van der Waals surface area contributed by atoms with E-state index in [2.05, 4.69) is 74.7 Å². The Balaban J connectivity index is 3.38. The summed E-state index contributed by atoms with van der Waals surface area (Å²) in [6, 6.07) is 0. The van der Waals surface area contributed by atoms with Gasteiger partial charge in [-0.3, -0.25) is 0 Å². The second kappa shape index (κ2) is 10.7. The van der Waals surface area contributed by atoms with Crippen LogP contribution in [0.15, 0.2) is 0 Å². The summed E-state index contributed by atoms with van der Waals surface area (Å²) in [7, 11) is -2.56. The standard InChI is InChI=1S/C25H54O6Si2/c1-17(15-26)20-19(3)21(31-33(13,14)24(7,8)9)22(28-10)25(27,30-20)18(2)16-29-32(11,12)23(4,5)6/h17-22,26-27H,15-16H2,1-14H3/t17-,18+,19+,20-,21-,22+,25+/m0/s1. The third-order valence-electron chi connectivity index (χ3n) is 8.61. The highest BCUT2D eigenvalue weighted by atomic mass is 28.4. The van der Waals surface area contributed by atoms with Crippen molar-refractivity contribution in [3.63, 3.8) is 0 Å². The van der Waals surface area contributed by atoms with Gasteiger partial charge in [0.2, 0.25) is 0 Å². The van der Waals surface area contributed by atoms with Crippen LogP contribution in [0, 0.1) is 17.8 Å². The Bertz CT molecular complexity index is 627. The number of ether oxygens (including phenoxy) is 2. The smallest absolute Gasteiger partial charge is 0.199 e. The molecule has 2 N–H and O–H groups in total. The molecular formula is C25H54O6Si2. The molecular weight excluding hydrogens is 452 g/mol. The minimum absolute atomic E-state index is 0.0105. The van der Waals surface area contributed by atoms with Gasteiger partial charge < -0.3 is 28.5 Å². The van der Waals surface area contributed by atoms with Crippen molar-refractivity contribution in [2.75, 3.05) is 20.3 Å². The average molecular weight is 507 g/mol. The van der Waals surface area contributed by atoms with Crippen LogP contribution >= 0.6 is 0 Å². The van der Waals surface area contributed by atoms with E-state index in [4.69, 9.17) is 18.3 Å². The van der Waals surface area contributed by atoms with Gasteiger partial charge >= 0.3 is 0 Å². The van der Waals surface area contributed by atoms with E-state index in [1.54, 1.807) is 7.11 Å². The second-order valence-corrected chi connectivity index (χ2v) is 22.9. The Morgan fingerprint density at radius 3 is 1.85 bits per heavy atom. The molecule has 0 unspecified atom stereocenters. The predicted molar refractivity (Wildman–Crippen MR) is 140 cm³/mol. The lowest BCUT2D eigenvalue weighted by atomic mass is 9.78. The van der Waals surface area contributed by atoms with Crippen molar-refractivity contribution in [2.45, 2.75) is 123 Å². The average Bonchev–Trinajstić information content (AvgIpc) is 2.66. The molecule has 1 aliphatic rings. The minimum Gasteiger partial charge on any atom is -0.416 e. The van der Waals surface area contributed by atoms with Crippen molar-refractivity contribution in [3.8, 4) is 0 Å². The summed E-state index contributed by atoms with van der Waals surface area (Å²) < 4.78 is 25.7. The monoisotopic (exact) mass is 506 g/mol. The zero-order valence-corrected chi connectivity index (χ0v) is 25.9. The van der Waals surface area contributed by atoms with Gasteiger partial charge in [-0.2, -0.15) is 0 Å². The van der Waals surface area contributed by atoms with Crippen molar-refractivity contribution in [1.29, 1.82) is 0 Å². The number of hydrogen-bond acceptors (Lipinski definition) is 6. The first-order valence-electron chi connectivity index (χ1n) is 12.5. The summed E-state index contributed by atoms with van der Waals surface area (Å²) in [6.45, 7) is 28.4. The molecule has 0 aliphatic carbocycles. The van der Waals surface area contributed by atoms with E-state index in [1.807, 2.05) is 13.8 Å². The van der Waals surface area contributed by atoms with Crippen molar-refractivity contribution in [2.24, 2.45) is 17.8 Å². The fourth-order valence-corrected chi connectivity index (χ4v) is 6.36. The van der Waals surface area contributed by atoms with Gasteiger partial charge in [-0.05, 0) is 36.3 Å². The maximum atomic E-state index is 12.0. The summed E-state index contributed by atoms with van der Waals surface area (Å²) in [6.07, 6.45) is -1.39. The maximum Gasteiger partial charge on any atom is 0.199 e. The lowest BCUT2D eigenvalue weighted by Gasteiger charge is -2.55. The highest BCUT2D eigenvalue weighted by Gasteiger charge is 2.59. The third kappa shape index (κ3) is 6.70. The van der Waals surface area contributed by atoms with Crippen molar-refractivity contribution < 1.29 is 28.5 Å². The van der Waals surface area contributed by atoms with E-state index in [9.17, 15) is 10.2 Å². The van der Waals surface area contributed by atoms with Gasteiger partial charge in [0.25, 0.3) is 0 Å². The molecule has 1 rings (SSSR count). The normalized spacial score (nSPS) is 32.0. The first-order chi connectivity index (χ1) is 14.7. The molecule has 1 fully saturated rings. The second-order valence-electron chi connectivity index (χ2n) is 13.3. The Morgan fingerprint density at radius 1 is 0.970 bits per heavy atom. The van der Waals surface area contributed by atoms with Crippen LogP contribution in [0.4, 0.5) is 0 Å². The predicted octanol–water partition coefficient (Wildman–Crippen LogP) is 5.40. The van der Waals surface area contributed by atoms with Gasteiger partial charge in [-0.15, -0.1) is 0 Å². The molecule has 0 aromatic heterocycles. The Kier molecular flexibility index (Phi) is 10.1. The van der Waals surface area contributed by atoms with Crippen molar-refractivity contribution in [1.82, 2.24) is 0 Å². The Hall–Kier alpha value is 0.194. The molecule has 0 amide bonds. The highest BCUT2D eigenvalue weighted by molar-refractivity contribution is 6.74. The first-order valence-corrected chi connectivity index (χ1v) is 18.3. The molecule has 1 heterocycles. The number of hydrogen-bond donors (Lipinski definition) is 2. The van der Waals surface area contributed by atoms with Crippen LogP contribution in [0.25, 0.3) is 0 Å². The van der Waals surface area contributed by atoms with Crippen LogP contribution in [-0.4, -0.2) is 71.3 Å². The van der Waals surface area contributed by atoms with E-state index < -0.39 is 28.5 Å². The largest absolute Gasteiger partial charge is 0.416 e. The topological polar surface area (TPSA) is 77.4 Å². The minimum atomic E-state index is -2.17. The lowest BCUT2D eigenvalue weighted by Crippen LogP contribution is -2.68. The Morgan fingerprint density at radius 2 is 1.45 bits per heavy atom. The van der Waals surface area contributed by atoms with Gasteiger partial charge in [0.1, 0.15) is 6.10 Å². The number of aliphatic hydroxyl groups is 2. The summed E-state index contributed by atoms with van der Waals surface area (Å²) >= 11 is 0. The number of aliphatic hydroxyl groups excluding tert-OH is 1. The van der Waals surface area contributed by atoms with Gasteiger partial charge in [-0.25, -0.2) is 0 Å². The molecule has 0 spiro atoms. The molecule has 7 atom stereocenters. The molecule has 1 aliphatic heterocycles. The Labute approximate surface area is 206 Å². The molecule has 0 aromatic carbocycles. The van der Waals surface area contributed by atoms with Crippen LogP contribution in [0.1, 0.15) is 62.3 Å². The lowest BCUT2D eigenvalue weighted by molar-refractivity contribution is -0.365. The van der Waals surface area contributed by atoms with Crippen LogP contribution in [0.2, 0.25) is 36.3 Å². The molecule has 198 valence electrons. The summed E-state index contributed by atoms with van der Waals surface area (Å²) in [4.78, 5) is 0. The van der Waals surface area contributed by atoms with E-state index in [0.717, 1.165) is 0 Å². The van der Waals surface area contributed by atoms with Crippen molar-refractivity contribution >= 4 is 16.6 Å². The fourth-order valence-electron chi connectivity index (χ4n) is 3.88. The van der Waals surface area contributed by atoms with E-state index in [0.29, 0.717) is 6.61 Å². The quantitative estimate of drug-likeness (QED) is 0.408. The van der Waals surface area contributed by atoms with E-state index >= 15 is 0 Å². The zero-order chi connectivity index (χ0) is 26.2. The molecule has 33 heavy (non-hydrogen) atoms. The molecule has 0 bridgehead atoms. The summed E-state index contributed by atoms with van der Waals surface area (Å²) in [5.74, 6) is -2.14. The van der Waals surface area contributed by atoms with E-state index in [-0.39, 0.29) is 46.6 Å². The zero-order valence-electron chi connectivity index (χ0n) is 23.9. The molecule has 0 radical (unpaired) electrons. The summed E-state index contributed by atoms with van der Waals surface area (Å²) in [5.41, 5.74) is 0. The number of methoxy groups -OCH3 is 1. The van der Waals surface area contributed by atoms with Crippen LogP contribution < -0.4 is 0 Å². The molecule has 8 heteroatoms.